The Morgan fingerprint density at radius 1 is 1.48 bits per heavy atom. The van der Waals surface area contributed by atoms with Crippen molar-refractivity contribution >= 4 is 11.9 Å². The van der Waals surface area contributed by atoms with Crippen LogP contribution in [0.25, 0.3) is 0 Å². The van der Waals surface area contributed by atoms with E-state index in [1.165, 1.54) is 23.1 Å². The van der Waals surface area contributed by atoms with E-state index in [2.05, 4.69) is 0 Å². The number of amides is 1. The predicted molar refractivity (Wildman–Crippen MR) is 73.6 cm³/mol. The lowest BCUT2D eigenvalue weighted by atomic mass is 10.1. The van der Waals surface area contributed by atoms with Gasteiger partial charge in [-0.15, -0.1) is 0 Å². The van der Waals surface area contributed by atoms with E-state index in [-0.39, 0.29) is 18.4 Å². The topological polar surface area (TPSA) is 66.8 Å². The van der Waals surface area contributed by atoms with Crippen LogP contribution in [-0.2, 0) is 9.53 Å². The first kappa shape index (κ1) is 15.4. The third-order valence-corrected chi connectivity index (χ3v) is 3.80. The Hall–Kier alpha value is -1.95. The number of carbonyl (C=O) groups is 2. The van der Waals surface area contributed by atoms with Gasteiger partial charge in [0.2, 0.25) is 0 Å². The van der Waals surface area contributed by atoms with Gasteiger partial charge in [-0.05, 0) is 37.1 Å². The number of hydrogen-bond donors (Lipinski definition) is 1. The van der Waals surface area contributed by atoms with Gasteiger partial charge in [0.1, 0.15) is 5.82 Å². The Balaban J connectivity index is 2.24. The van der Waals surface area contributed by atoms with Gasteiger partial charge in [0.25, 0.3) is 5.91 Å². The predicted octanol–water partition coefficient (Wildman–Crippen LogP) is 1.84. The highest BCUT2D eigenvalue weighted by molar-refractivity contribution is 5.96. The number of ether oxygens (including phenoxy) is 1. The van der Waals surface area contributed by atoms with Crippen LogP contribution in [0.1, 0.15) is 28.8 Å². The largest absolute Gasteiger partial charge is 0.481 e. The van der Waals surface area contributed by atoms with Gasteiger partial charge in [-0.25, -0.2) is 4.39 Å². The summed E-state index contributed by atoms with van der Waals surface area (Å²) in [6, 6.07) is 3.56. The number of methoxy groups -OCH3 is 1. The molecule has 1 saturated heterocycles. The lowest BCUT2D eigenvalue weighted by molar-refractivity contribution is -0.137. The van der Waals surface area contributed by atoms with Crippen molar-refractivity contribution in [2.75, 3.05) is 13.7 Å². The molecule has 1 amide bonds. The van der Waals surface area contributed by atoms with E-state index in [9.17, 15) is 14.0 Å². The first-order valence-electron chi connectivity index (χ1n) is 6.74. The fourth-order valence-electron chi connectivity index (χ4n) is 2.71. The smallest absolute Gasteiger partial charge is 0.305 e. The Kier molecular flexibility index (Phi) is 4.57. The van der Waals surface area contributed by atoms with Crippen LogP contribution in [0, 0.1) is 12.7 Å². The molecule has 114 valence electrons. The van der Waals surface area contributed by atoms with Crippen molar-refractivity contribution in [3.8, 4) is 0 Å². The second kappa shape index (κ2) is 6.22. The summed E-state index contributed by atoms with van der Waals surface area (Å²) < 4.78 is 18.4. The van der Waals surface area contributed by atoms with E-state index < -0.39 is 17.8 Å². The van der Waals surface area contributed by atoms with Crippen LogP contribution in [0.5, 0.6) is 0 Å². The molecular formula is C15H18FNO4. The maximum Gasteiger partial charge on any atom is 0.305 e. The molecule has 0 bridgehead atoms. The van der Waals surface area contributed by atoms with E-state index in [0.29, 0.717) is 24.1 Å². The van der Waals surface area contributed by atoms with Crippen molar-refractivity contribution < 1.29 is 23.8 Å². The zero-order valence-electron chi connectivity index (χ0n) is 12.0. The highest BCUT2D eigenvalue weighted by atomic mass is 19.1. The number of hydrogen-bond acceptors (Lipinski definition) is 3. The Morgan fingerprint density at radius 2 is 2.19 bits per heavy atom. The Labute approximate surface area is 122 Å². The lowest BCUT2D eigenvalue weighted by Gasteiger charge is -2.24. The van der Waals surface area contributed by atoms with Crippen LogP contribution in [-0.4, -0.2) is 47.7 Å². The van der Waals surface area contributed by atoms with Crippen molar-refractivity contribution in [1.82, 2.24) is 4.90 Å². The van der Waals surface area contributed by atoms with Gasteiger partial charge >= 0.3 is 5.97 Å². The molecule has 5 nitrogen and oxygen atoms in total. The molecule has 1 fully saturated rings. The maximum atomic E-state index is 13.1. The number of nitrogens with zero attached hydrogens (tertiary/aromatic N) is 1. The molecule has 0 aromatic heterocycles. The summed E-state index contributed by atoms with van der Waals surface area (Å²) in [5.74, 6) is -1.63. The monoisotopic (exact) mass is 295 g/mol. The molecule has 0 spiro atoms. The number of likely N-dealkylation sites (tertiary alicyclic amines) is 1. The van der Waals surface area contributed by atoms with Crippen molar-refractivity contribution in [3.63, 3.8) is 0 Å². The van der Waals surface area contributed by atoms with Crippen molar-refractivity contribution in [2.45, 2.75) is 31.9 Å². The summed E-state index contributed by atoms with van der Waals surface area (Å²) in [5.41, 5.74) is 0.929. The van der Waals surface area contributed by atoms with Crippen molar-refractivity contribution in [3.05, 3.63) is 35.1 Å². The van der Waals surface area contributed by atoms with Crippen LogP contribution in [0.2, 0.25) is 0 Å². The molecule has 1 N–H and O–H groups in total. The molecule has 2 unspecified atom stereocenters. The average Bonchev–Trinajstić information content (AvgIpc) is 2.80. The number of aryl methyl sites for hydroxylation is 1. The first-order chi connectivity index (χ1) is 9.92. The normalized spacial score (nSPS) is 21.6. The zero-order chi connectivity index (χ0) is 15.6. The third kappa shape index (κ3) is 3.39. The molecule has 2 atom stereocenters. The Morgan fingerprint density at radius 3 is 2.76 bits per heavy atom. The summed E-state index contributed by atoms with van der Waals surface area (Å²) >= 11 is 0. The summed E-state index contributed by atoms with van der Waals surface area (Å²) in [6.07, 6.45) is 0.208. The number of carboxylic acid groups (broad SMARTS) is 1. The molecule has 1 aliphatic rings. The summed E-state index contributed by atoms with van der Waals surface area (Å²) in [5, 5.41) is 8.97. The van der Waals surface area contributed by atoms with E-state index >= 15 is 0 Å². The number of carboxylic acids is 1. The molecule has 2 rings (SSSR count). The molecule has 1 aliphatic heterocycles. The van der Waals surface area contributed by atoms with Crippen molar-refractivity contribution in [2.24, 2.45) is 0 Å². The quantitative estimate of drug-likeness (QED) is 0.920. The number of halogens is 1. The van der Waals surface area contributed by atoms with Gasteiger partial charge in [0.05, 0.1) is 12.5 Å². The minimum absolute atomic E-state index is 0.119. The highest BCUT2D eigenvalue weighted by Gasteiger charge is 2.37. The molecule has 0 saturated carbocycles. The second-order valence-corrected chi connectivity index (χ2v) is 5.26. The summed E-state index contributed by atoms with van der Waals surface area (Å²) in [4.78, 5) is 25.0. The maximum absolute atomic E-state index is 13.1. The van der Waals surface area contributed by atoms with E-state index in [0.717, 1.165) is 0 Å². The molecule has 1 aromatic carbocycles. The van der Waals surface area contributed by atoms with E-state index in [4.69, 9.17) is 9.84 Å². The average molecular weight is 295 g/mol. The number of carbonyl (C=O) groups excluding carboxylic acids is 1. The van der Waals surface area contributed by atoms with Crippen molar-refractivity contribution in [1.29, 1.82) is 0 Å². The molecule has 1 heterocycles. The zero-order valence-corrected chi connectivity index (χ0v) is 12.0. The molecule has 1 aromatic rings. The van der Waals surface area contributed by atoms with E-state index in [1.807, 2.05) is 0 Å². The number of benzene rings is 1. The van der Waals surface area contributed by atoms with Gasteiger partial charge in [-0.1, -0.05) is 0 Å². The van der Waals surface area contributed by atoms with Gasteiger partial charge in [0.15, 0.2) is 0 Å². The van der Waals surface area contributed by atoms with Crippen LogP contribution in [0.15, 0.2) is 18.2 Å². The van der Waals surface area contributed by atoms with Gasteiger partial charge in [0, 0.05) is 25.3 Å². The number of aliphatic carboxylic acids is 1. The van der Waals surface area contributed by atoms with E-state index in [1.54, 1.807) is 14.0 Å². The fraction of sp³-hybridized carbons (Fsp3) is 0.467. The standard InChI is InChI=1S/C15H18FNO4/c1-9-5-10(16)3-4-13(9)15(20)17-8-12(21-2)6-11(17)7-14(18)19/h3-5,11-12H,6-8H2,1-2H3,(H,18,19). The van der Waals surface area contributed by atoms with Crippen LogP contribution in [0.4, 0.5) is 4.39 Å². The first-order valence-corrected chi connectivity index (χ1v) is 6.74. The van der Waals surface area contributed by atoms with Crippen LogP contribution >= 0.6 is 0 Å². The fourth-order valence-corrected chi connectivity index (χ4v) is 2.71. The van der Waals surface area contributed by atoms with Crippen LogP contribution in [0.3, 0.4) is 0 Å². The second-order valence-electron chi connectivity index (χ2n) is 5.26. The minimum Gasteiger partial charge on any atom is -0.481 e. The minimum atomic E-state index is -0.953. The third-order valence-electron chi connectivity index (χ3n) is 3.80. The Bertz CT molecular complexity index is 561. The molecular weight excluding hydrogens is 277 g/mol. The SMILES string of the molecule is COC1CC(CC(=O)O)N(C(=O)c2ccc(F)cc2C)C1. The highest BCUT2D eigenvalue weighted by Crippen LogP contribution is 2.25. The van der Waals surface area contributed by atoms with Crippen LogP contribution < -0.4 is 0 Å². The van der Waals surface area contributed by atoms with Gasteiger partial charge < -0.3 is 14.7 Å². The molecule has 21 heavy (non-hydrogen) atoms. The molecule has 0 aliphatic carbocycles. The van der Waals surface area contributed by atoms with Gasteiger partial charge in [-0.3, -0.25) is 9.59 Å². The lowest BCUT2D eigenvalue weighted by Crippen LogP contribution is -2.37. The molecule has 6 heteroatoms. The molecule has 0 radical (unpaired) electrons. The van der Waals surface area contributed by atoms with Gasteiger partial charge in [-0.2, -0.15) is 0 Å². The number of rotatable bonds is 4. The summed E-state index contributed by atoms with van der Waals surface area (Å²) in [6.45, 7) is 2.01. The summed E-state index contributed by atoms with van der Waals surface area (Å²) in [7, 11) is 1.54.